The summed E-state index contributed by atoms with van der Waals surface area (Å²) in [4.78, 5) is 10.0. The first kappa shape index (κ1) is 17.9. The van der Waals surface area contributed by atoms with E-state index < -0.39 is 44.5 Å². The van der Waals surface area contributed by atoms with E-state index in [-0.39, 0.29) is 9.87 Å². The molecule has 1 aromatic heterocycles. The molecule has 0 aromatic carbocycles. The van der Waals surface area contributed by atoms with Gasteiger partial charge in [0.15, 0.2) is 0 Å². The summed E-state index contributed by atoms with van der Waals surface area (Å²) in [6, 6.07) is -0.961. The molecule has 0 spiro atoms. The van der Waals surface area contributed by atoms with Crippen molar-refractivity contribution < 1.29 is 31.5 Å². The van der Waals surface area contributed by atoms with Crippen molar-refractivity contribution in [2.75, 3.05) is 6.54 Å². The van der Waals surface area contributed by atoms with Gasteiger partial charge in [-0.05, 0) is 31.7 Å². The summed E-state index contributed by atoms with van der Waals surface area (Å²) in [6.07, 6.45) is -4.72. The highest BCUT2D eigenvalue weighted by Gasteiger charge is 2.41. The normalized spacial score (nSPS) is 13.1. The van der Waals surface area contributed by atoms with Gasteiger partial charge in [0.05, 0.1) is 0 Å². The molecule has 1 heterocycles. The second-order valence-corrected chi connectivity index (χ2v) is 7.35. The summed E-state index contributed by atoms with van der Waals surface area (Å²) in [5.74, 6) is -1.48. The average Bonchev–Trinajstić information content (AvgIpc) is 2.67. The molecule has 0 saturated carbocycles. The number of carbonyl (C=O) groups is 1. The van der Waals surface area contributed by atoms with E-state index in [1.165, 1.54) is 26.2 Å². The third-order valence-electron chi connectivity index (χ3n) is 2.59. The number of sulfonamides is 1. The second-order valence-electron chi connectivity index (χ2n) is 4.64. The van der Waals surface area contributed by atoms with Crippen molar-refractivity contribution in [1.82, 2.24) is 4.31 Å². The number of alkyl halides is 3. The van der Waals surface area contributed by atoms with E-state index in [0.29, 0.717) is 11.3 Å². The van der Waals surface area contributed by atoms with Crippen LogP contribution in [-0.2, 0) is 10.0 Å². The Balaban J connectivity index is 3.44. The highest BCUT2D eigenvalue weighted by molar-refractivity contribution is 7.89. The molecule has 0 aliphatic carbocycles. The summed E-state index contributed by atoms with van der Waals surface area (Å²) in [5.41, 5.74) is 0.116. The van der Waals surface area contributed by atoms with E-state index in [1.54, 1.807) is 0 Å². The molecule has 0 aliphatic rings. The molecule has 1 aromatic rings. The van der Waals surface area contributed by atoms with Gasteiger partial charge in [-0.1, -0.05) is 0 Å². The number of aromatic carboxylic acids is 1. The third-order valence-corrected chi connectivity index (χ3v) is 6.02. The monoisotopic (exact) mass is 345 g/mol. The third kappa shape index (κ3) is 3.95. The Morgan fingerprint density at radius 1 is 1.43 bits per heavy atom. The second kappa shape index (κ2) is 5.93. The molecule has 5 nitrogen and oxygen atoms in total. The Labute approximate surface area is 124 Å². The number of nitrogens with zero attached hydrogens (tertiary/aromatic N) is 1. The van der Waals surface area contributed by atoms with Crippen LogP contribution in [0.5, 0.6) is 0 Å². The van der Waals surface area contributed by atoms with Crippen molar-refractivity contribution in [3.8, 4) is 0 Å². The van der Waals surface area contributed by atoms with Gasteiger partial charge in [0.25, 0.3) is 0 Å². The summed E-state index contributed by atoms with van der Waals surface area (Å²) in [6.45, 7) is 2.28. The smallest absolute Gasteiger partial charge is 0.402 e. The zero-order valence-electron chi connectivity index (χ0n) is 11.4. The van der Waals surface area contributed by atoms with Crippen LogP contribution in [-0.4, -0.2) is 42.6 Å². The highest BCUT2D eigenvalue weighted by Crippen LogP contribution is 2.32. The van der Waals surface area contributed by atoms with E-state index >= 15 is 0 Å². The number of rotatable bonds is 5. The Morgan fingerprint density at radius 2 is 1.95 bits per heavy atom. The summed E-state index contributed by atoms with van der Waals surface area (Å²) in [5, 5.41) is 10.3. The number of hydrogen-bond donors (Lipinski definition) is 1. The van der Waals surface area contributed by atoms with Crippen LogP contribution in [0, 0.1) is 6.92 Å². The van der Waals surface area contributed by atoms with Crippen LogP contribution in [0.3, 0.4) is 0 Å². The van der Waals surface area contributed by atoms with Crippen LogP contribution in [0.15, 0.2) is 10.3 Å². The van der Waals surface area contributed by atoms with Gasteiger partial charge >= 0.3 is 12.1 Å². The van der Waals surface area contributed by atoms with Crippen LogP contribution in [0.25, 0.3) is 0 Å². The van der Waals surface area contributed by atoms with E-state index in [4.69, 9.17) is 5.11 Å². The van der Waals surface area contributed by atoms with Crippen molar-refractivity contribution in [3.63, 3.8) is 0 Å². The molecule has 0 aliphatic heterocycles. The molecular weight excluding hydrogens is 331 g/mol. The lowest BCUT2D eigenvalue weighted by molar-refractivity contribution is -0.138. The maximum absolute atomic E-state index is 12.6. The molecule has 0 unspecified atom stereocenters. The summed E-state index contributed by atoms with van der Waals surface area (Å²) >= 11 is 0.672. The first-order valence-corrected chi connectivity index (χ1v) is 8.10. The average molecular weight is 345 g/mol. The van der Waals surface area contributed by atoms with Crippen LogP contribution in [0.4, 0.5) is 13.2 Å². The van der Waals surface area contributed by atoms with Crippen molar-refractivity contribution in [3.05, 3.63) is 15.8 Å². The Kier molecular flexibility index (Phi) is 5.06. The maximum Gasteiger partial charge on any atom is 0.402 e. The quantitative estimate of drug-likeness (QED) is 0.890. The lowest BCUT2D eigenvalue weighted by Crippen LogP contribution is -2.43. The summed E-state index contributed by atoms with van der Waals surface area (Å²) in [7, 11) is -4.55. The molecule has 0 radical (unpaired) electrons. The van der Waals surface area contributed by atoms with Crippen molar-refractivity contribution >= 4 is 27.3 Å². The minimum Gasteiger partial charge on any atom is -0.477 e. The molecule has 0 amide bonds. The fourth-order valence-corrected chi connectivity index (χ4v) is 4.95. The zero-order chi connectivity index (χ0) is 16.6. The van der Waals surface area contributed by atoms with Crippen molar-refractivity contribution in [2.24, 2.45) is 0 Å². The molecule has 1 rings (SSSR count). The van der Waals surface area contributed by atoms with E-state index in [9.17, 15) is 26.4 Å². The number of carboxylic acids is 1. The van der Waals surface area contributed by atoms with Gasteiger partial charge in [0.2, 0.25) is 10.0 Å². The van der Waals surface area contributed by atoms with Crippen molar-refractivity contribution in [1.29, 1.82) is 0 Å². The molecule has 120 valence electrons. The molecule has 0 fully saturated rings. The SMILES string of the molecule is Cc1csc(C(=O)O)c1S(=O)(=O)N(CC(F)(F)F)C(C)C. The van der Waals surface area contributed by atoms with E-state index in [1.807, 2.05) is 0 Å². The Morgan fingerprint density at radius 3 is 2.33 bits per heavy atom. The van der Waals surface area contributed by atoms with Crippen LogP contribution < -0.4 is 0 Å². The van der Waals surface area contributed by atoms with Crippen LogP contribution >= 0.6 is 11.3 Å². The molecular formula is C11H14F3NO4S2. The lowest BCUT2D eigenvalue weighted by atomic mass is 10.3. The number of carboxylic acid groups (broad SMARTS) is 1. The predicted octanol–water partition coefficient (Wildman–Crippen LogP) is 2.72. The minimum atomic E-state index is -4.72. The van der Waals surface area contributed by atoms with Gasteiger partial charge in [-0.25, -0.2) is 13.2 Å². The molecule has 0 atom stereocenters. The minimum absolute atomic E-state index is 0.116. The predicted molar refractivity (Wildman–Crippen MR) is 71.1 cm³/mol. The fourth-order valence-electron chi connectivity index (χ4n) is 1.74. The number of aryl methyl sites for hydroxylation is 1. The van der Waals surface area contributed by atoms with Gasteiger partial charge in [0, 0.05) is 6.04 Å². The first-order valence-electron chi connectivity index (χ1n) is 5.78. The topological polar surface area (TPSA) is 74.7 Å². The highest BCUT2D eigenvalue weighted by atomic mass is 32.2. The van der Waals surface area contributed by atoms with Gasteiger partial charge in [0.1, 0.15) is 16.3 Å². The van der Waals surface area contributed by atoms with Crippen LogP contribution in [0.1, 0.15) is 29.1 Å². The Hall–Kier alpha value is -1.13. The maximum atomic E-state index is 12.6. The largest absolute Gasteiger partial charge is 0.477 e. The lowest BCUT2D eigenvalue weighted by Gasteiger charge is -2.27. The molecule has 10 heteroatoms. The van der Waals surface area contributed by atoms with E-state index in [2.05, 4.69) is 0 Å². The molecule has 0 bridgehead atoms. The molecule has 1 N–H and O–H groups in total. The molecule has 21 heavy (non-hydrogen) atoms. The standard InChI is InChI=1S/C11H14F3NO4S2/c1-6(2)15(5-11(12,13)14)21(18,19)9-7(3)4-20-8(9)10(16)17/h4,6H,5H2,1-3H3,(H,16,17). The number of hydrogen-bond acceptors (Lipinski definition) is 4. The zero-order valence-corrected chi connectivity index (χ0v) is 13.1. The van der Waals surface area contributed by atoms with Gasteiger partial charge in [-0.2, -0.15) is 17.5 Å². The fraction of sp³-hybridized carbons (Fsp3) is 0.545. The van der Waals surface area contributed by atoms with Gasteiger partial charge < -0.3 is 5.11 Å². The Bertz CT molecular complexity index is 634. The van der Waals surface area contributed by atoms with E-state index in [0.717, 1.165) is 0 Å². The summed E-state index contributed by atoms with van der Waals surface area (Å²) < 4.78 is 62.8. The van der Waals surface area contributed by atoms with Crippen molar-refractivity contribution in [2.45, 2.75) is 37.9 Å². The molecule has 0 saturated heterocycles. The van der Waals surface area contributed by atoms with Gasteiger partial charge in [-0.3, -0.25) is 0 Å². The first-order chi connectivity index (χ1) is 9.38. The number of thiophene rings is 1. The van der Waals surface area contributed by atoms with Crippen LogP contribution in [0.2, 0.25) is 0 Å². The number of halogens is 3. The van der Waals surface area contributed by atoms with Gasteiger partial charge in [-0.15, -0.1) is 11.3 Å².